The summed E-state index contributed by atoms with van der Waals surface area (Å²) >= 11 is 15.4. The van der Waals surface area contributed by atoms with Crippen molar-refractivity contribution in [3.05, 3.63) is 26.7 Å². The van der Waals surface area contributed by atoms with Crippen LogP contribution in [-0.2, 0) is 0 Å². The molecule has 1 aromatic carbocycles. The summed E-state index contributed by atoms with van der Waals surface area (Å²) in [5.41, 5.74) is 0. The van der Waals surface area contributed by atoms with E-state index in [9.17, 15) is 0 Å². The predicted octanol–water partition coefficient (Wildman–Crippen LogP) is 3.89. The first-order valence-corrected chi connectivity index (χ1v) is 6.63. The van der Waals surface area contributed by atoms with Gasteiger partial charge in [-0.2, -0.15) is 0 Å². The van der Waals surface area contributed by atoms with Crippen LogP contribution in [0.1, 0.15) is 12.8 Å². The number of benzene rings is 1. The van der Waals surface area contributed by atoms with E-state index in [4.69, 9.17) is 27.9 Å². The van der Waals surface area contributed by atoms with Crippen molar-refractivity contribution in [2.24, 2.45) is 0 Å². The minimum absolute atomic E-state index is 0.243. The van der Waals surface area contributed by atoms with Crippen LogP contribution in [0, 0.1) is 0 Å². The van der Waals surface area contributed by atoms with Gasteiger partial charge in [0.2, 0.25) is 0 Å². The quantitative estimate of drug-likeness (QED) is 0.852. The molecule has 0 spiro atoms. The van der Waals surface area contributed by atoms with Gasteiger partial charge in [-0.05, 0) is 41.9 Å². The van der Waals surface area contributed by atoms with E-state index in [1.54, 1.807) is 12.1 Å². The molecule has 88 valence electrons. The fraction of sp³-hybridized carbons (Fsp3) is 0.455. The summed E-state index contributed by atoms with van der Waals surface area (Å²) in [7, 11) is 1.96. The number of nitrogens with one attached hydrogen (secondary N) is 1. The Labute approximate surface area is 113 Å². The van der Waals surface area contributed by atoms with Crippen LogP contribution in [0.15, 0.2) is 16.6 Å². The first kappa shape index (κ1) is 12.5. The number of hydrogen-bond acceptors (Lipinski definition) is 2. The second-order valence-corrected chi connectivity index (χ2v) is 5.56. The third kappa shape index (κ3) is 2.65. The largest absolute Gasteiger partial charge is 0.489 e. The van der Waals surface area contributed by atoms with Gasteiger partial charge in [0.25, 0.3) is 0 Å². The maximum atomic E-state index is 6.07. The number of ether oxygens (including phenoxy) is 1. The third-order valence-corrected chi connectivity index (χ3v) is 4.26. The highest BCUT2D eigenvalue weighted by Crippen LogP contribution is 2.36. The second kappa shape index (κ2) is 5.13. The van der Waals surface area contributed by atoms with Crippen LogP contribution in [0.25, 0.3) is 0 Å². The zero-order valence-corrected chi connectivity index (χ0v) is 11.9. The standard InChI is InChI=1S/C11H12BrCl2NO/c1-15-6-2-7(3-6)16-11-5-9(13)8(12)4-10(11)14/h4-7,15H,2-3H2,1H3. The van der Waals surface area contributed by atoms with Crippen molar-refractivity contribution in [2.75, 3.05) is 7.05 Å². The summed E-state index contributed by atoms with van der Waals surface area (Å²) in [6, 6.07) is 4.07. The van der Waals surface area contributed by atoms with Crippen molar-refractivity contribution in [3.8, 4) is 5.75 Å². The lowest BCUT2D eigenvalue weighted by atomic mass is 9.89. The molecule has 0 aromatic heterocycles. The Morgan fingerprint density at radius 2 is 2.00 bits per heavy atom. The third-order valence-electron chi connectivity index (χ3n) is 2.77. The fourth-order valence-electron chi connectivity index (χ4n) is 1.67. The lowest BCUT2D eigenvalue weighted by molar-refractivity contribution is 0.0886. The van der Waals surface area contributed by atoms with Crippen molar-refractivity contribution in [3.63, 3.8) is 0 Å². The van der Waals surface area contributed by atoms with Crippen LogP contribution in [-0.4, -0.2) is 19.2 Å². The van der Waals surface area contributed by atoms with E-state index >= 15 is 0 Å². The second-order valence-electron chi connectivity index (χ2n) is 3.89. The molecule has 0 bridgehead atoms. The van der Waals surface area contributed by atoms with Crippen LogP contribution >= 0.6 is 39.1 Å². The van der Waals surface area contributed by atoms with Crippen molar-refractivity contribution in [1.82, 2.24) is 5.32 Å². The van der Waals surface area contributed by atoms with Gasteiger partial charge in [-0.15, -0.1) is 0 Å². The zero-order valence-electron chi connectivity index (χ0n) is 8.77. The maximum absolute atomic E-state index is 6.07. The van der Waals surface area contributed by atoms with Gasteiger partial charge < -0.3 is 10.1 Å². The molecule has 1 fully saturated rings. The summed E-state index contributed by atoms with van der Waals surface area (Å²) in [6.45, 7) is 0. The molecule has 1 aliphatic rings. The summed E-state index contributed by atoms with van der Waals surface area (Å²) in [5, 5.41) is 4.41. The van der Waals surface area contributed by atoms with Crippen LogP contribution < -0.4 is 10.1 Å². The lowest BCUT2D eigenvalue weighted by Gasteiger charge is -2.35. The van der Waals surface area contributed by atoms with E-state index in [2.05, 4.69) is 21.2 Å². The first-order chi connectivity index (χ1) is 7.60. The SMILES string of the molecule is CNC1CC(Oc2cc(Cl)c(Br)cc2Cl)C1. The molecule has 0 amide bonds. The average molecular weight is 325 g/mol. The molecule has 2 rings (SSSR count). The van der Waals surface area contributed by atoms with E-state index in [1.165, 1.54) is 0 Å². The van der Waals surface area contributed by atoms with E-state index in [0.29, 0.717) is 21.8 Å². The predicted molar refractivity (Wildman–Crippen MR) is 70.7 cm³/mol. The lowest BCUT2D eigenvalue weighted by Crippen LogP contribution is -2.45. The summed E-state index contributed by atoms with van der Waals surface area (Å²) < 4.78 is 6.56. The van der Waals surface area contributed by atoms with Gasteiger partial charge in [-0.25, -0.2) is 0 Å². The highest BCUT2D eigenvalue weighted by Gasteiger charge is 2.30. The highest BCUT2D eigenvalue weighted by atomic mass is 79.9. The van der Waals surface area contributed by atoms with Crippen LogP contribution in [0.2, 0.25) is 10.0 Å². The normalized spacial score (nSPS) is 24.0. The minimum atomic E-state index is 0.243. The van der Waals surface area contributed by atoms with E-state index in [0.717, 1.165) is 17.3 Å². The Hall–Kier alpha value is 0.0400. The molecule has 0 radical (unpaired) electrons. The van der Waals surface area contributed by atoms with E-state index in [-0.39, 0.29) is 6.10 Å². The monoisotopic (exact) mass is 323 g/mol. The smallest absolute Gasteiger partial charge is 0.139 e. The Morgan fingerprint density at radius 1 is 1.31 bits per heavy atom. The van der Waals surface area contributed by atoms with Gasteiger partial charge in [0, 0.05) is 16.6 Å². The van der Waals surface area contributed by atoms with Gasteiger partial charge in [0.1, 0.15) is 11.9 Å². The van der Waals surface area contributed by atoms with Crippen LogP contribution in [0.4, 0.5) is 0 Å². The van der Waals surface area contributed by atoms with Gasteiger partial charge in [-0.3, -0.25) is 0 Å². The van der Waals surface area contributed by atoms with E-state index < -0.39 is 0 Å². The minimum Gasteiger partial charge on any atom is -0.489 e. The average Bonchev–Trinajstić information content (AvgIpc) is 2.18. The van der Waals surface area contributed by atoms with Gasteiger partial charge >= 0.3 is 0 Å². The first-order valence-electron chi connectivity index (χ1n) is 5.08. The van der Waals surface area contributed by atoms with E-state index in [1.807, 2.05) is 7.05 Å². The maximum Gasteiger partial charge on any atom is 0.139 e. The molecular weight excluding hydrogens is 313 g/mol. The highest BCUT2D eigenvalue weighted by molar-refractivity contribution is 9.10. The summed E-state index contributed by atoms with van der Waals surface area (Å²) in [5.74, 6) is 0.661. The topological polar surface area (TPSA) is 21.3 Å². The molecule has 0 heterocycles. The Kier molecular flexibility index (Phi) is 4.01. The number of halogens is 3. The zero-order chi connectivity index (χ0) is 11.7. The van der Waals surface area contributed by atoms with Crippen LogP contribution in [0.3, 0.4) is 0 Å². The Balaban J connectivity index is 2.02. The molecule has 2 nitrogen and oxygen atoms in total. The number of rotatable bonds is 3. The van der Waals surface area contributed by atoms with Crippen molar-refractivity contribution >= 4 is 39.1 Å². The molecule has 1 N–H and O–H groups in total. The Bertz CT molecular complexity index is 394. The molecular formula is C11H12BrCl2NO. The van der Waals surface area contributed by atoms with Gasteiger partial charge in [0.05, 0.1) is 10.0 Å². The molecule has 0 unspecified atom stereocenters. The molecule has 1 aliphatic carbocycles. The summed E-state index contributed by atoms with van der Waals surface area (Å²) in [4.78, 5) is 0. The number of hydrogen-bond donors (Lipinski definition) is 1. The van der Waals surface area contributed by atoms with Crippen molar-refractivity contribution in [2.45, 2.75) is 25.0 Å². The van der Waals surface area contributed by atoms with Crippen molar-refractivity contribution < 1.29 is 4.74 Å². The molecule has 1 saturated carbocycles. The van der Waals surface area contributed by atoms with Gasteiger partial charge in [-0.1, -0.05) is 23.2 Å². The fourth-order valence-corrected chi connectivity index (χ4v) is 2.51. The molecule has 0 aliphatic heterocycles. The van der Waals surface area contributed by atoms with Crippen molar-refractivity contribution in [1.29, 1.82) is 0 Å². The molecule has 16 heavy (non-hydrogen) atoms. The van der Waals surface area contributed by atoms with Gasteiger partial charge in [0.15, 0.2) is 0 Å². The molecule has 0 atom stereocenters. The molecule has 1 aromatic rings. The Morgan fingerprint density at radius 3 is 2.62 bits per heavy atom. The molecule has 0 saturated heterocycles. The van der Waals surface area contributed by atoms with Crippen LogP contribution in [0.5, 0.6) is 5.75 Å². The molecule has 5 heteroatoms. The summed E-state index contributed by atoms with van der Waals surface area (Å²) in [6.07, 6.45) is 2.27.